The van der Waals surface area contributed by atoms with Crippen LogP contribution >= 0.6 is 0 Å². The van der Waals surface area contributed by atoms with Crippen LogP contribution < -0.4 is 10.6 Å². The molecule has 2 heterocycles. The molecule has 0 aliphatic carbocycles. The first-order valence-corrected chi connectivity index (χ1v) is 9.10. The molecule has 0 spiro atoms. The van der Waals surface area contributed by atoms with Crippen molar-refractivity contribution in [2.75, 3.05) is 18.0 Å². The van der Waals surface area contributed by atoms with Gasteiger partial charge in [-0.25, -0.2) is 4.39 Å². The van der Waals surface area contributed by atoms with Gasteiger partial charge in [0, 0.05) is 17.5 Å². The van der Waals surface area contributed by atoms with E-state index >= 15 is 0 Å². The van der Waals surface area contributed by atoms with Crippen LogP contribution in [0.15, 0.2) is 64.1 Å². The maximum Gasteiger partial charge on any atom is 0.234 e. The molecule has 2 atom stereocenters. The van der Waals surface area contributed by atoms with E-state index in [1.165, 1.54) is 6.07 Å². The van der Waals surface area contributed by atoms with E-state index < -0.39 is 6.10 Å². The topological polar surface area (TPSA) is 87.9 Å². The minimum Gasteiger partial charge on any atom is -0.389 e. The third-order valence-corrected chi connectivity index (χ3v) is 4.94. The monoisotopic (exact) mass is 380 g/mol. The maximum absolute atomic E-state index is 14.7. The molecule has 0 fully saturated rings. The van der Waals surface area contributed by atoms with Crippen LogP contribution in [-0.2, 0) is 0 Å². The summed E-state index contributed by atoms with van der Waals surface area (Å²) in [5, 5.41) is 13.9. The molecule has 6 nitrogen and oxygen atoms in total. The Labute approximate surface area is 162 Å². The van der Waals surface area contributed by atoms with Gasteiger partial charge in [-0.1, -0.05) is 54.5 Å². The van der Waals surface area contributed by atoms with Gasteiger partial charge < -0.3 is 15.4 Å². The number of aliphatic imine (C=N–C) groups is 1. The Morgan fingerprint density at radius 1 is 1.21 bits per heavy atom. The van der Waals surface area contributed by atoms with Crippen molar-refractivity contribution in [3.8, 4) is 11.1 Å². The second kappa shape index (κ2) is 7.44. The highest BCUT2D eigenvalue weighted by molar-refractivity contribution is 5.94. The molecule has 144 valence electrons. The predicted molar refractivity (Wildman–Crippen MR) is 106 cm³/mol. The average Bonchev–Trinajstić information content (AvgIpc) is 3.20. The molecule has 0 bridgehead atoms. The minimum atomic E-state index is -0.613. The number of halogens is 1. The Hall–Kier alpha value is -3.19. The summed E-state index contributed by atoms with van der Waals surface area (Å²) < 4.78 is 20.1. The molecular formula is C21H21FN4O2. The molecular weight excluding hydrogens is 359 g/mol. The van der Waals surface area contributed by atoms with Crippen LogP contribution in [0.3, 0.4) is 0 Å². The lowest BCUT2D eigenvalue weighted by molar-refractivity contribution is 0.186. The number of benzene rings is 2. The van der Waals surface area contributed by atoms with Crippen LogP contribution in [-0.4, -0.2) is 35.4 Å². The first-order chi connectivity index (χ1) is 13.5. The van der Waals surface area contributed by atoms with Gasteiger partial charge in [0.2, 0.25) is 5.88 Å². The molecule has 2 unspecified atom stereocenters. The first-order valence-electron chi connectivity index (χ1n) is 9.10. The van der Waals surface area contributed by atoms with Gasteiger partial charge in [-0.2, -0.15) is 0 Å². The van der Waals surface area contributed by atoms with Crippen molar-refractivity contribution >= 4 is 11.8 Å². The van der Waals surface area contributed by atoms with Gasteiger partial charge in [-0.3, -0.25) is 9.89 Å². The second-order valence-electron chi connectivity index (χ2n) is 6.88. The van der Waals surface area contributed by atoms with Crippen LogP contribution in [0.2, 0.25) is 0 Å². The number of nitrogens with zero attached hydrogens (tertiary/aromatic N) is 3. The summed E-state index contributed by atoms with van der Waals surface area (Å²) >= 11 is 0. The number of β-amino-alcohol motifs (C(OH)–C–C–N with tert-alkyl or cyclic N) is 1. The molecule has 2 aromatic carbocycles. The molecule has 28 heavy (non-hydrogen) atoms. The van der Waals surface area contributed by atoms with Crippen molar-refractivity contribution in [3.63, 3.8) is 0 Å². The van der Waals surface area contributed by atoms with E-state index in [1.807, 2.05) is 43.3 Å². The fourth-order valence-electron chi connectivity index (χ4n) is 3.28. The lowest BCUT2D eigenvalue weighted by atomic mass is 9.95. The smallest absolute Gasteiger partial charge is 0.234 e. The number of rotatable bonds is 4. The normalized spacial score (nSPS) is 18.0. The zero-order chi connectivity index (χ0) is 19.7. The standard InChI is InChI=1S/C21H21FN4O2/c1-13(15-7-8-17(18(22)9-15)14-5-3-2-4-6-14)19-10-20(28-25-19)26-12-16(27)11-24-21(26)23/h2-10,13,16,27H,11-12H2,1H3,(H2,23,24). The summed E-state index contributed by atoms with van der Waals surface area (Å²) in [6.07, 6.45) is -0.613. The van der Waals surface area contributed by atoms with Crippen LogP contribution in [0, 0.1) is 5.82 Å². The maximum atomic E-state index is 14.7. The van der Waals surface area contributed by atoms with E-state index in [1.54, 1.807) is 17.0 Å². The lowest BCUT2D eigenvalue weighted by Crippen LogP contribution is -2.47. The number of aliphatic hydroxyl groups excluding tert-OH is 1. The van der Waals surface area contributed by atoms with Crippen LogP contribution in [0.5, 0.6) is 0 Å². The quantitative estimate of drug-likeness (QED) is 0.726. The SMILES string of the molecule is CC(c1ccc(-c2ccccc2)c(F)c1)c1cc(N2CC(O)CN=C2N)on1. The van der Waals surface area contributed by atoms with Gasteiger partial charge in [-0.05, 0) is 17.2 Å². The zero-order valence-electron chi connectivity index (χ0n) is 15.4. The molecule has 4 rings (SSSR count). The molecule has 1 aliphatic heterocycles. The molecule has 0 radical (unpaired) electrons. The summed E-state index contributed by atoms with van der Waals surface area (Å²) in [5.74, 6) is 0.224. The first kappa shape index (κ1) is 18.2. The Bertz CT molecular complexity index is 1000. The number of hydrogen-bond donors (Lipinski definition) is 2. The number of anilines is 1. The van der Waals surface area contributed by atoms with Gasteiger partial charge in [0.1, 0.15) is 5.82 Å². The molecule has 0 amide bonds. The summed E-state index contributed by atoms with van der Waals surface area (Å²) in [6.45, 7) is 2.49. The molecule has 7 heteroatoms. The van der Waals surface area contributed by atoms with E-state index in [-0.39, 0.29) is 24.2 Å². The van der Waals surface area contributed by atoms with Crippen molar-refractivity contribution in [1.29, 1.82) is 0 Å². The summed E-state index contributed by atoms with van der Waals surface area (Å²) in [4.78, 5) is 5.64. The van der Waals surface area contributed by atoms with Crippen molar-refractivity contribution in [2.45, 2.75) is 18.9 Å². The minimum absolute atomic E-state index is 0.176. The number of guanidine groups is 1. The van der Waals surface area contributed by atoms with Crippen LogP contribution in [0.1, 0.15) is 24.1 Å². The summed E-state index contributed by atoms with van der Waals surface area (Å²) in [7, 11) is 0. The van der Waals surface area contributed by atoms with Gasteiger partial charge in [-0.15, -0.1) is 0 Å². The molecule has 3 aromatic rings. The van der Waals surface area contributed by atoms with Crippen molar-refractivity contribution in [1.82, 2.24) is 5.16 Å². The molecule has 3 N–H and O–H groups in total. The molecule has 0 saturated carbocycles. The number of hydrogen-bond acceptors (Lipinski definition) is 6. The predicted octanol–water partition coefficient (Wildman–Crippen LogP) is 3.13. The van der Waals surface area contributed by atoms with Crippen LogP contribution in [0.25, 0.3) is 11.1 Å². The van der Waals surface area contributed by atoms with Gasteiger partial charge in [0.25, 0.3) is 0 Å². The molecule has 1 aliphatic rings. The van der Waals surface area contributed by atoms with Crippen molar-refractivity contribution in [3.05, 3.63) is 71.7 Å². The fraction of sp³-hybridized carbons (Fsp3) is 0.238. The summed E-state index contributed by atoms with van der Waals surface area (Å²) in [5.41, 5.74) is 8.72. The summed E-state index contributed by atoms with van der Waals surface area (Å²) in [6, 6.07) is 16.4. The molecule has 1 aromatic heterocycles. The van der Waals surface area contributed by atoms with Gasteiger partial charge in [0.05, 0.1) is 24.9 Å². The highest BCUT2D eigenvalue weighted by atomic mass is 19.1. The van der Waals surface area contributed by atoms with E-state index in [9.17, 15) is 9.50 Å². The Kier molecular flexibility index (Phi) is 4.83. The van der Waals surface area contributed by atoms with Gasteiger partial charge >= 0.3 is 0 Å². The third kappa shape index (κ3) is 3.48. The highest BCUT2D eigenvalue weighted by Gasteiger charge is 2.25. The Morgan fingerprint density at radius 3 is 2.75 bits per heavy atom. The van der Waals surface area contributed by atoms with E-state index in [0.29, 0.717) is 23.7 Å². The molecule has 0 saturated heterocycles. The lowest BCUT2D eigenvalue weighted by Gasteiger charge is -2.26. The van der Waals surface area contributed by atoms with E-state index in [2.05, 4.69) is 10.1 Å². The zero-order valence-corrected chi connectivity index (χ0v) is 15.4. The van der Waals surface area contributed by atoms with Gasteiger partial charge in [0.15, 0.2) is 5.96 Å². The Balaban J connectivity index is 1.58. The fourth-order valence-corrected chi connectivity index (χ4v) is 3.28. The van der Waals surface area contributed by atoms with Crippen LogP contribution in [0.4, 0.5) is 10.3 Å². The third-order valence-electron chi connectivity index (χ3n) is 4.94. The Morgan fingerprint density at radius 2 is 2.00 bits per heavy atom. The van der Waals surface area contributed by atoms with E-state index in [4.69, 9.17) is 10.3 Å². The highest BCUT2D eigenvalue weighted by Crippen LogP contribution is 2.31. The van der Waals surface area contributed by atoms with Crippen molar-refractivity contribution in [2.24, 2.45) is 10.7 Å². The van der Waals surface area contributed by atoms with E-state index in [0.717, 1.165) is 11.1 Å². The average molecular weight is 380 g/mol. The number of aliphatic hydroxyl groups is 1. The second-order valence-corrected chi connectivity index (χ2v) is 6.88. The number of aromatic nitrogens is 1. The number of nitrogens with two attached hydrogens (primary N) is 1. The largest absolute Gasteiger partial charge is 0.389 e. The van der Waals surface area contributed by atoms with Crippen molar-refractivity contribution < 1.29 is 14.0 Å².